The largest absolute Gasteiger partial charge is 0.405 e. The van der Waals surface area contributed by atoms with Crippen LogP contribution in [0.3, 0.4) is 0 Å². The van der Waals surface area contributed by atoms with E-state index in [0.29, 0.717) is 12.2 Å². The number of allylic oxidation sites excluding steroid dienone is 1. The van der Waals surface area contributed by atoms with Crippen molar-refractivity contribution in [1.29, 1.82) is 0 Å². The Labute approximate surface area is 176 Å². The number of rotatable bonds is 5. The number of amides is 2. The maximum atomic E-state index is 12.2. The van der Waals surface area contributed by atoms with Crippen LogP contribution in [0.2, 0.25) is 0 Å². The lowest BCUT2D eigenvalue weighted by Gasteiger charge is -2.27. The van der Waals surface area contributed by atoms with Crippen molar-refractivity contribution < 1.29 is 23.4 Å². The first kappa shape index (κ1) is 21.9. The summed E-state index contributed by atoms with van der Waals surface area (Å²) in [5.74, 6) is 0.848. The average Bonchev–Trinajstić information content (AvgIpc) is 3.09. The van der Waals surface area contributed by atoms with Gasteiger partial charge in [-0.05, 0) is 42.3 Å². The Morgan fingerprint density at radius 1 is 1.43 bits per heavy atom. The second-order valence-electron chi connectivity index (χ2n) is 7.00. The van der Waals surface area contributed by atoms with Crippen LogP contribution in [0, 0.1) is 0 Å². The Bertz CT molecular complexity index is 925. The summed E-state index contributed by atoms with van der Waals surface area (Å²) in [6, 6.07) is 6.06. The topological polar surface area (TPSA) is 82.3 Å². The number of alkyl halides is 3. The molecule has 1 aromatic rings. The normalized spacial score (nSPS) is 19.0. The fourth-order valence-corrected chi connectivity index (χ4v) is 4.06. The van der Waals surface area contributed by atoms with Crippen LogP contribution in [0.15, 0.2) is 53.2 Å². The van der Waals surface area contributed by atoms with Gasteiger partial charge in [0.05, 0.1) is 12.6 Å². The standard InChI is InChI=1S/C20H22F3N5OS/c1-12(30-13(2)24)14-6-7-28-17(10-25-18(28)9-14)15-4-3-5-16(8-15)27-19(29)26-11-20(21,22)23/h3-9,12,17,24H,10-11H2,1-2H3,(H2,26,27,29)/p+1. The number of amidine groups is 1. The van der Waals surface area contributed by atoms with Gasteiger partial charge in [-0.3, -0.25) is 10.4 Å². The molecule has 6 nitrogen and oxygen atoms in total. The van der Waals surface area contributed by atoms with Crippen LogP contribution in [-0.2, 0) is 0 Å². The molecule has 0 aromatic heterocycles. The molecular weight excluding hydrogens is 415 g/mol. The third-order valence-corrected chi connectivity index (χ3v) is 5.56. The molecule has 30 heavy (non-hydrogen) atoms. The van der Waals surface area contributed by atoms with E-state index in [-0.39, 0.29) is 11.3 Å². The van der Waals surface area contributed by atoms with Gasteiger partial charge in [0.2, 0.25) is 5.04 Å². The van der Waals surface area contributed by atoms with E-state index in [9.17, 15) is 18.0 Å². The molecule has 2 aliphatic rings. The number of benzene rings is 1. The van der Waals surface area contributed by atoms with E-state index in [2.05, 4.69) is 17.2 Å². The monoisotopic (exact) mass is 438 g/mol. The summed E-state index contributed by atoms with van der Waals surface area (Å²) in [4.78, 5) is 18.4. The minimum atomic E-state index is -4.46. The molecule has 2 heterocycles. The van der Waals surface area contributed by atoms with E-state index in [1.165, 1.54) is 0 Å². The van der Waals surface area contributed by atoms with Crippen LogP contribution < -0.4 is 16.0 Å². The number of carbonyl (C=O) groups excluding carboxylic acids is 1. The number of nitrogens with zero attached hydrogens (tertiary/aromatic N) is 2. The number of carbonyl (C=O) groups is 1. The molecule has 0 radical (unpaired) electrons. The first-order valence-electron chi connectivity index (χ1n) is 9.32. The molecule has 0 saturated carbocycles. The number of fused-ring (bicyclic) bond motifs is 1. The number of thioether (sulfide) groups is 1. The van der Waals surface area contributed by atoms with Gasteiger partial charge in [0.15, 0.2) is 0 Å². The highest BCUT2D eigenvalue weighted by atomic mass is 32.2. The minimum Gasteiger partial charge on any atom is -0.329 e. The first-order chi connectivity index (χ1) is 14.1. The Morgan fingerprint density at radius 2 is 2.20 bits per heavy atom. The Kier molecular flexibility index (Phi) is 6.55. The molecule has 160 valence electrons. The predicted octanol–water partition coefficient (Wildman–Crippen LogP) is 2.88. The second-order valence-corrected chi connectivity index (χ2v) is 8.59. The maximum absolute atomic E-state index is 12.2. The molecule has 2 amide bonds. The third kappa shape index (κ3) is 5.65. The summed E-state index contributed by atoms with van der Waals surface area (Å²) < 4.78 is 36.7. The lowest BCUT2D eigenvalue weighted by molar-refractivity contribution is -0.122. The number of nitrogens with one attached hydrogen (secondary N) is 2. The van der Waals surface area contributed by atoms with Gasteiger partial charge in [0.1, 0.15) is 12.4 Å². The van der Waals surface area contributed by atoms with Gasteiger partial charge in [-0.1, -0.05) is 23.9 Å². The molecule has 0 aliphatic carbocycles. The van der Waals surface area contributed by atoms with Gasteiger partial charge >= 0.3 is 12.2 Å². The summed E-state index contributed by atoms with van der Waals surface area (Å²) in [6.07, 6.45) is 1.59. The first-order valence-corrected chi connectivity index (χ1v) is 10.2. The fourth-order valence-electron chi connectivity index (χ4n) is 3.22. The van der Waals surface area contributed by atoms with Gasteiger partial charge < -0.3 is 15.5 Å². The van der Waals surface area contributed by atoms with Crippen LogP contribution in [0.1, 0.15) is 25.5 Å². The highest BCUT2D eigenvalue weighted by molar-refractivity contribution is 8.14. The van der Waals surface area contributed by atoms with E-state index in [0.717, 1.165) is 22.0 Å². The number of urea groups is 1. The van der Waals surface area contributed by atoms with Crippen LogP contribution in [0.5, 0.6) is 0 Å². The minimum absolute atomic E-state index is 0.0557. The molecule has 0 saturated heterocycles. The van der Waals surface area contributed by atoms with Gasteiger partial charge in [0.25, 0.3) is 0 Å². The van der Waals surface area contributed by atoms with Crippen molar-refractivity contribution in [1.82, 2.24) is 10.2 Å². The van der Waals surface area contributed by atoms with Gasteiger partial charge in [0, 0.05) is 24.1 Å². The maximum Gasteiger partial charge on any atom is 0.405 e. The summed E-state index contributed by atoms with van der Waals surface area (Å²) in [5.41, 5.74) is 2.44. The molecule has 0 fully saturated rings. The smallest absolute Gasteiger partial charge is 0.329 e. The Morgan fingerprint density at radius 3 is 2.90 bits per heavy atom. The second kappa shape index (κ2) is 8.95. The highest BCUT2D eigenvalue weighted by Gasteiger charge is 2.30. The lowest BCUT2D eigenvalue weighted by atomic mass is 10.0. The van der Waals surface area contributed by atoms with E-state index in [4.69, 9.17) is 5.41 Å². The number of hydrogen-bond donors (Lipinski definition) is 3. The predicted molar refractivity (Wildman–Crippen MR) is 113 cm³/mol. The van der Waals surface area contributed by atoms with Crippen molar-refractivity contribution in [2.24, 2.45) is 4.99 Å². The number of halogens is 3. The molecule has 2 atom stereocenters. The Hall–Kier alpha value is -2.75. The zero-order chi connectivity index (χ0) is 21.9. The van der Waals surface area contributed by atoms with E-state index in [1.54, 1.807) is 35.3 Å². The summed E-state index contributed by atoms with van der Waals surface area (Å²) >= 11 is 1.59. The number of nitrogens with two attached hydrogens (primary N) is 1. The van der Waals surface area contributed by atoms with Crippen LogP contribution in [0.4, 0.5) is 23.7 Å². The average molecular weight is 438 g/mol. The highest BCUT2D eigenvalue weighted by Crippen LogP contribution is 2.33. The number of aliphatic imine (C=N–C) groups is 1. The summed E-state index contributed by atoms with van der Waals surface area (Å²) in [6.45, 7) is 3.10. The number of hydrogen-bond acceptors (Lipinski definition) is 4. The van der Waals surface area contributed by atoms with Gasteiger partial charge in [-0.2, -0.15) is 13.2 Å². The third-order valence-electron chi connectivity index (χ3n) is 4.56. The van der Waals surface area contributed by atoms with Crippen molar-refractivity contribution in [2.75, 3.05) is 18.4 Å². The molecule has 10 heteroatoms. The molecular formula is C20H23F3N5OS+. The molecule has 1 aromatic carbocycles. The quantitative estimate of drug-likeness (QED) is 0.488. The SMILES string of the molecule is CC(=[NH2+])SC(C)C1=CC2=NCC(c3cccc(NC(=O)NCC(F)(F)F)c3)N2C=C1. The van der Waals surface area contributed by atoms with Crippen molar-refractivity contribution >= 4 is 34.4 Å². The molecule has 0 spiro atoms. The lowest BCUT2D eigenvalue weighted by Crippen LogP contribution is -2.36. The van der Waals surface area contributed by atoms with Crippen molar-refractivity contribution in [3.63, 3.8) is 0 Å². The van der Waals surface area contributed by atoms with Crippen molar-refractivity contribution in [3.05, 3.63) is 53.8 Å². The summed E-state index contributed by atoms with van der Waals surface area (Å²) in [7, 11) is 0. The van der Waals surface area contributed by atoms with Gasteiger partial charge in [-0.25, -0.2) is 4.79 Å². The number of anilines is 1. The molecule has 2 aliphatic heterocycles. The van der Waals surface area contributed by atoms with Crippen LogP contribution >= 0.6 is 11.8 Å². The molecule has 3 rings (SSSR count). The van der Waals surface area contributed by atoms with E-state index in [1.807, 2.05) is 36.2 Å². The van der Waals surface area contributed by atoms with Crippen LogP contribution in [-0.4, -0.2) is 46.3 Å². The van der Waals surface area contributed by atoms with E-state index < -0.39 is 18.8 Å². The summed E-state index contributed by atoms with van der Waals surface area (Å²) in [5, 5.41) is 11.0. The molecule has 4 N–H and O–H groups in total. The van der Waals surface area contributed by atoms with Crippen molar-refractivity contribution in [3.8, 4) is 0 Å². The molecule has 0 bridgehead atoms. The fraction of sp³-hybridized carbons (Fsp3) is 0.350. The zero-order valence-electron chi connectivity index (χ0n) is 16.5. The van der Waals surface area contributed by atoms with Crippen molar-refractivity contribution in [2.45, 2.75) is 31.3 Å². The Balaban J connectivity index is 1.66. The van der Waals surface area contributed by atoms with Crippen LogP contribution in [0.25, 0.3) is 0 Å². The molecule has 2 unspecified atom stereocenters. The van der Waals surface area contributed by atoms with E-state index >= 15 is 0 Å². The zero-order valence-corrected chi connectivity index (χ0v) is 17.3. The van der Waals surface area contributed by atoms with Gasteiger partial charge in [-0.15, -0.1) is 0 Å².